The summed E-state index contributed by atoms with van der Waals surface area (Å²) in [6.45, 7) is 4.20. The molecule has 21 heavy (non-hydrogen) atoms. The summed E-state index contributed by atoms with van der Waals surface area (Å²) in [5.74, 6) is 0.200. The van der Waals surface area contributed by atoms with Crippen LogP contribution >= 0.6 is 0 Å². The summed E-state index contributed by atoms with van der Waals surface area (Å²) < 4.78 is 45.1. The van der Waals surface area contributed by atoms with Gasteiger partial charge in [-0.05, 0) is 61.9 Å². The van der Waals surface area contributed by atoms with Gasteiger partial charge >= 0.3 is 0 Å². The fourth-order valence-electron chi connectivity index (χ4n) is 1.82. The van der Waals surface area contributed by atoms with Gasteiger partial charge in [0.2, 0.25) is 0 Å². The fraction of sp³-hybridized carbons (Fsp3) is 0.200. The minimum atomic E-state index is -3.74. The Hall–Kier alpha value is -2.08. The molecule has 2 aromatic rings. The minimum absolute atomic E-state index is 0.0113. The van der Waals surface area contributed by atoms with Crippen LogP contribution in [-0.2, 0) is 10.0 Å². The Bertz CT molecular complexity index is 727. The monoisotopic (exact) mass is 309 g/mol. The van der Waals surface area contributed by atoms with E-state index in [4.69, 9.17) is 4.74 Å². The quantitative estimate of drug-likeness (QED) is 0.921. The molecule has 112 valence electrons. The summed E-state index contributed by atoms with van der Waals surface area (Å²) in [4.78, 5) is 0.0113. The molecular formula is C15H16FNO3S. The molecule has 0 amide bonds. The summed E-state index contributed by atoms with van der Waals surface area (Å²) in [5, 5.41) is 0. The highest BCUT2D eigenvalue weighted by molar-refractivity contribution is 7.92. The number of halogens is 1. The van der Waals surface area contributed by atoms with Crippen LogP contribution in [0, 0.1) is 12.7 Å². The molecule has 0 heterocycles. The Balaban J connectivity index is 2.26. The number of ether oxygens (including phenoxy) is 1. The molecule has 4 nitrogen and oxygen atoms in total. The Labute approximate surface area is 123 Å². The number of rotatable bonds is 5. The maximum absolute atomic E-state index is 12.9. The fourth-order valence-corrected chi connectivity index (χ4v) is 2.96. The summed E-state index contributed by atoms with van der Waals surface area (Å²) in [6, 6.07) is 9.76. The first kappa shape index (κ1) is 15.3. The number of anilines is 1. The van der Waals surface area contributed by atoms with E-state index in [-0.39, 0.29) is 4.90 Å². The number of hydrogen-bond acceptors (Lipinski definition) is 3. The summed E-state index contributed by atoms with van der Waals surface area (Å²) >= 11 is 0. The van der Waals surface area contributed by atoms with Crippen molar-refractivity contribution in [1.82, 2.24) is 0 Å². The van der Waals surface area contributed by atoms with E-state index in [0.717, 1.165) is 17.7 Å². The van der Waals surface area contributed by atoms with E-state index < -0.39 is 15.8 Å². The molecular weight excluding hydrogens is 293 g/mol. The van der Waals surface area contributed by atoms with Gasteiger partial charge in [0, 0.05) is 0 Å². The van der Waals surface area contributed by atoms with Gasteiger partial charge in [-0.3, -0.25) is 4.72 Å². The third-order valence-electron chi connectivity index (χ3n) is 2.88. The highest BCUT2D eigenvalue weighted by atomic mass is 32.2. The first-order valence-corrected chi connectivity index (χ1v) is 7.92. The predicted octanol–water partition coefficient (Wildman–Crippen LogP) is 3.33. The molecule has 0 aromatic heterocycles. The van der Waals surface area contributed by atoms with E-state index >= 15 is 0 Å². The van der Waals surface area contributed by atoms with E-state index in [1.54, 1.807) is 25.1 Å². The highest BCUT2D eigenvalue weighted by Gasteiger charge is 2.15. The molecule has 0 bridgehead atoms. The smallest absolute Gasteiger partial charge is 0.261 e. The lowest BCUT2D eigenvalue weighted by Crippen LogP contribution is -2.13. The minimum Gasteiger partial charge on any atom is -0.494 e. The van der Waals surface area contributed by atoms with Gasteiger partial charge < -0.3 is 4.74 Å². The number of nitrogens with one attached hydrogen (secondary N) is 1. The van der Waals surface area contributed by atoms with Gasteiger partial charge in [-0.1, -0.05) is 0 Å². The van der Waals surface area contributed by atoms with Crippen molar-refractivity contribution in [2.75, 3.05) is 11.3 Å². The van der Waals surface area contributed by atoms with Gasteiger partial charge in [0.05, 0.1) is 17.2 Å². The van der Waals surface area contributed by atoms with Crippen molar-refractivity contribution in [1.29, 1.82) is 0 Å². The molecule has 0 fully saturated rings. The average molecular weight is 309 g/mol. The van der Waals surface area contributed by atoms with E-state index in [0.29, 0.717) is 18.0 Å². The molecule has 0 spiro atoms. The molecule has 0 aliphatic heterocycles. The van der Waals surface area contributed by atoms with Crippen LogP contribution in [0.1, 0.15) is 12.5 Å². The van der Waals surface area contributed by atoms with Crippen molar-refractivity contribution in [3.63, 3.8) is 0 Å². The van der Waals surface area contributed by atoms with Crippen LogP contribution in [0.2, 0.25) is 0 Å². The molecule has 0 unspecified atom stereocenters. The Morgan fingerprint density at radius 2 is 1.81 bits per heavy atom. The number of sulfonamides is 1. The van der Waals surface area contributed by atoms with Crippen molar-refractivity contribution in [3.8, 4) is 5.75 Å². The maximum atomic E-state index is 12.9. The standard InChI is InChI=1S/C15H16FNO3S/c1-3-20-13-6-9-15(11(2)10-13)17-21(18,19)14-7-4-12(16)5-8-14/h4-10,17H,3H2,1-2H3. The zero-order chi connectivity index (χ0) is 15.5. The molecule has 0 aliphatic rings. The van der Waals surface area contributed by atoms with Crippen LogP contribution < -0.4 is 9.46 Å². The Morgan fingerprint density at radius 3 is 2.38 bits per heavy atom. The van der Waals surface area contributed by atoms with Gasteiger partial charge in [0.25, 0.3) is 10.0 Å². The average Bonchev–Trinajstić information content (AvgIpc) is 2.42. The van der Waals surface area contributed by atoms with Gasteiger partial charge in [-0.25, -0.2) is 12.8 Å². The third-order valence-corrected chi connectivity index (χ3v) is 4.26. The number of aryl methyl sites for hydroxylation is 1. The van der Waals surface area contributed by atoms with Crippen molar-refractivity contribution in [2.24, 2.45) is 0 Å². The topological polar surface area (TPSA) is 55.4 Å². The molecule has 0 saturated heterocycles. The number of benzene rings is 2. The lowest BCUT2D eigenvalue weighted by Gasteiger charge is -2.12. The second-order valence-corrected chi connectivity index (χ2v) is 6.15. The lowest BCUT2D eigenvalue weighted by atomic mass is 10.2. The van der Waals surface area contributed by atoms with E-state index in [1.165, 1.54) is 12.1 Å². The first-order chi connectivity index (χ1) is 9.92. The van der Waals surface area contributed by atoms with Crippen molar-refractivity contribution in [2.45, 2.75) is 18.7 Å². The second kappa shape index (κ2) is 6.13. The van der Waals surface area contributed by atoms with E-state index in [2.05, 4.69) is 4.72 Å². The van der Waals surface area contributed by atoms with Gasteiger partial charge in [-0.2, -0.15) is 0 Å². The molecule has 2 rings (SSSR count). The van der Waals surface area contributed by atoms with Crippen LogP contribution in [0.5, 0.6) is 5.75 Å². The normalized spacial score (nSPS) is 11.2. The SMILES string of the molecule is CCOc1ccc(NS(=O)(=O)c2ccc(F)cc2)c(C)c1. The summed E-state index contributed by atoms with van der Waals surface area (Å²) in [7, 11) is -3.74. The zero-order valence-electron chi connectivity index (χ0n) is 11.8. The zero-order valence-corrected chi connectivity index (χ0v) is 12.6. The molecule has 6 heteroatoms. The molecule has 0 saturated carbocycles. The molecule has 0 atom stereocenters. The van der Waals surface area contributed by atoms with Crippen LogP contribution in [0.25, 0.3) is 0 Å². The van der Waals surface area contributed by atoms with Crippen molar-refractivity contribution in [3.05, 3.63) is 53.8 Å². The molecule has 1 N–H and O–H groups in total. The van der Waals surface area contributed by atoms with Crippen molar-refractivity contribution < 1.29 is 17.5 Å². The Morgan fingerprint density at radius 1 is 1.14 bits per heavy atom. The van der Waals surface area contributed by atoms with Crippen LogP contribution in [0.15, 0.2) is 47.4 Å². The summed E-state index contributed by atoms with van der Waals surface area (Å²) in [5.41, 5.74) is 1.20. The molecule has 0 radical (unpaired) electrons. The third kappa shape index (κ3) is 3.72. The maximum Gasteiger partial charge on any atom is 0.261 e. The van der Waals surface area contributed by atoms with Gasteiger partial charge in [-0.15, -0.1) is 0 Å². The summed E-state index contributed by atoms with van der Waals surface area (Å²) in [6.07, 6.45) is 0. The highest BCUT2D eigenvalue weighted by Crippen LogP contribution is 2.24. The van der Waals surface area contributed by atoms with Crippen LogP contribution in [0.3, 0.4) is 0 Å². The predicted molar refractivity (Wildman–Crippen MR) is 79.6 cm³/mol. The van der Waals surface area contributed by atoms with E-state index in [9.17, 15) is 12.8 Å². The van der Waals surface area contributed by atoms with Crippen LogP contribution in [-0.4, -0.2) is 15.0 Å². The van der Waals surface area contributed by atoms with Crippen LogP contribution in [0.4, 0.5) is 10.1 Å². The van der Waals surface area contributed by atoms with Crippen molar-refractivity contribution >= 4 is 15.7 Å². The van der Waals surface area contributed by atoms with Gasteiger partial charge in [0.1, 0.15) is 11.6 Å². The largest absolute Gasteiger partial charge is 0.494 e. The van der Waals surface area contributed by atoms with E-state index in [1.807, 2.05) is 6.92 Å². The molecule has 0 aliphatic carbocycles. The first-order valence-electron chi connectivity index (χ1n) is 6.44. The second-order valence-electron chi connectivity index (χ2n) is 4.47. The molecule has 2 aromatic carbocycles. The van der Waals surface area contributed by atoms with Gasteiger partial charge in [0.15, 0.2) is 0 Å². The lowest BCUT2D eigenvalue weighted by molar-refractivity contribution is 0.340. The Kier molecular flexibility index (Phi) is 4.47. The number of hydrogen-bond donors (Lipinski definition) is 1.